The first-order chi connectivity index (χ1) is 8.78. The van der Waals surface area contributed by atoms with Crippen molar-refractivity contribution in [3.8, 4) is 0 Å². The Bertz CT molecular complexity index is 337. The molecule has 1 aliphatic carbocycles. The summed E-state index contributed by atoms with van der Waals surface area (Å²) in [5.41, 5.74) is -0.675. The van der Waals surface area contributed by atoms with Crippen molar-refractivity contribution in [2.24, 2.45) is 5.92 Å². The van der Waals surface area contributed by atoms with E-state index in [1.165, 1.54) is 7.11 Å². The lowest BCUT2D eigenvalue weighted by Crippen LogP contribution is -2.41. The molecule has 2 atom stereocenters. The molecule has 2 rings (SSSR count). The quantitative estimate of drug-likeness (QED) is 0.570. The van der Waals surface area contributed by atoms with Crippen molar-refractivity contribution in [3.05, 3.63) is 0 Å². The second kappa shape index (κ2) is 5.10. The van der Waals surface area contributed by atoms with Gasteiger partial charge in [0.25, 0.3) is 0 Å². The van der Waals surface area contributed by atoms with Gasteiger partial charge in [-0.25, -0.2) is 0 Å². The van der Waals surface area contributed by atoms with Crippen LogP contribution in [-0.4, -0.2) is 31.4 Å². The van der Waals surface area contributed by atoms with Crippen LogP contribution in [0.3, 0.4) is 0 Å². The molecule has 0 bridgehead atoms. The van der Waals surface area contributed by atoms with Crippen molar-refractivity contribution in [2.75, 3.05) is 7.11 Å². The molecule has 2 fully saturated rings. The zero-order valence-electron chi connectivity index (χ0n) is 12.7. The summed E-state index contributed by atoms with van der Waals surface area (Å²) in [4.78, 5) is 11.9. The number of carbonyl (C=O) groups is 1. The van der Waals surface area contributed by atoms with E-state index in [1.54, 1.807) is 0 Å². The highest BCUT2D eigenvalue weighted by Crippen LogP contribution is 2.46. The minimum absolute atomic E-state index is 0.0894. The van der Waals surface area contributed by atoms with Gasteiger partial charge in [-0.2, -0.15) is 0 Å². The molecule has 1 saturated carbocycles. The van der Waals surface area contributed by atoms with E-state index in [0.29, 0.717) is 0 Å². The van der Waals surface area contributed by atoms with Crippen LogP contribution >= 0.6 is 0 Å². The maximum absolute atomic E-state index is 11.9. The highest BCUT2D eigenvalue weighted by Gasteiger charge is 2.56. The third-order valence-electron chi connectivity index (χ3n) is 4.94. The molecule has 4 nitrogen and oxygen atoms in total. The Morgan fingerprint density at radius 1 is 1.11 bits per heavy atom. The number of esters is 1. The van der Waals surface area contributed by atoms with Gasteiger partial charge in [0.15, 0.2) is 0 Å². The summed E-state index contributed by atoms with van der Waals surface area (Å²) >= 11 is 0. The summed E-state index contributed by atoms with van der Waals surface area (Å²) < 4.78 is 17.1. The van der Waals surface area contributed by atoms with Crippen molar-refractivity contribution in [2.45, 2.75) is 70.4 Å². The van der Waals surface area contributed by atoms with Gasteiger partial charge in [-0.3, -0.25) is 4.79 Å². The Balaban J connectivity index is 2.14. The van der Waals surface area contributed by atoms with Gasteiger partial charge < -0.3 is 14.0 Å². The zero-order chi connectivity index (χ0) is 14.3. The molecule has 0 N–H and O–H groups in total. The van der Waals surface area contributed by atoms with Crippen molar-refractivity contribution in [1.82, 2.24) is 0 Å². The van der Waals surface area contributed by atoms with Crippen LogP contribution in [0.5, 0.6) is 0 Å². The predicted octanol–water partition coefficient (Wildman–Crippen LogP) is 2.81. The number of carbonyl (C=O) groups excluding carboxylic acids is 1. The fraction of sp³-hybridized carbons (Fsp3) is 0.929. The molecule has 0 radical (unpaired) electrons. The molecule has 19 heavy (non-hydrogen) atoms. The summed E-state index contributed by atoms with van der Waals surface area (Å²) in [6, 6.07) is 0. The number of hydrogen-bond donors (Lipinski definition) is 0. The van der Waals surface area contributed by atoms with E-state index >= 15 is 0 Å². The first-order valence-electron chi connectivity index (χ1n) is 7.22. The van der Waals surface area contributed by atoms with Gasteiger partial charge in [0.05, 0.1) is 24.2 Å². The molecule has 108 valence electrons. The first kappa shape index (κ1) is 14.9. The van der Waals surface area contributed by atoms with Crippen LogP contribution in [0.4, 0.5) is 0 Å². The van der Waals surface area contributed by atoms with Gasteiger partial charge in [0.1, 0.15) is 0 Å². The van der Waals surface area contributed by atoms with Crippen LogP contribution in [0.1, 0.15) is 53.4 Å². The molecule has 1 aliphatic heterocycles. The van der Waals surface area contributed by atoms with Crippen LogP contribution in [-0.2, 0) is 18.8 Å². The van der Waals surface area contributed by atoms with Crippen LogP contribution in [0.15, 0.2) is 0 Å². The maximum Gasteiger partial charge on any atom is 0.462 e. The Kier molecular flexibility index (Phi) is 3.98. The van der Waals surface area contributed by atoms with Crippen LogP contribution in [0.2, 0.25) is 5.82 Å². The average Bonchev–Trinajstić information content (AvgIpc) is 2.57. The van der Waals surface area contributed by atoms with Crippen molar-refractivity contribution < 1.29 is 18.8 Å². The number of hydrogen-bond acceptors (Lipinski definition) is 4. The maximum atomic E-state index is 11.9. The van der Waals surface area contributed by atoms with E-state index < -0.39 is 0 Å². The minimum atomic E-state index is -0.338. The van der Waals surface area contributed by atoms with Gasteiger partial charge in [-0.1, -0.05) is 19.3 Å². The topological polar surface area (TPSA) is 44.8 Å². The molecule has 1 saturated heterocycles. The lowest BCUT2D eigenvalue weighted by Gasteiger charge is -2.32. The molecule has 0 unspecified atom stereocenters. The molecule has 2 aliphatic rings. The van der Waals surface area contributed by atoms with Crippen molar-refractivity contribution in [3.63, 3.8) is 0 Å². The lowest BCUT2D eigenvalue weighted by atomic mass is 9.59. The zero-order valence-corrected chi connectivity index (χ0v) is 12.7. The highest BCUT2D eigenvalue weighted by atomic mass is 16.7. The first-order valence-corrected chi connectivity index (χ1v) is 7.22. The predicted molar refractivity (Wildman–Crippen MR) is 73.8 cm³/mol. The van der Waals surface area contributed by atoms with Crippen LogP contribution < -0.4 is 0 Å². The van der Waals surface area contributed by atoms with Crippen molar-refractivity contribution in [1.29, 1.82) is 0 Å². The Morgan fingerprint density at radius 2 is 1.63 bits per heavy atom. The molecule has 0 amide bonds. The summed E-state index contributed by atoms with van der Waals surface area (Å²) in [7, 11) is 1.16. The third kappa shape index (κ3) is 2.68. The fourth-order valence-electron chi connectivity index (χ4n) is 2.99. The van der Waals surface area contributed by atoms with Crippen LogP contribution in [0.25, 0.3) is 0 Å². The summed E-state index contributed by atoms with van der Waals surface area (Å²) in [5.74, 6) is -0.102. The van der Waals surface area contributed by atoms with Gasteiger partial charge >= 0.3 is 13.1 Å². The van der Waals surface area contributed by atoms with Gasteiger partial charge in [-0.05, 0) is 34.1 Å². The van der Waals surface area contributed by atoms with Crippen molar-refractivity contribution >= 4 is 13.1 Å². The Hall–Kier alpha value is -0.545. The molecular weight excluding hydrogens is 243 g/mol. The smallest absolute Gasteiger partial charge is 0.462 e. The molecule has 5 heteroatoms. The molecule has 0 aromatic heterocycles. The second-order valence-corrected chi connectivity index (χ2v) is 6.70. The molecule has 0 aromatic carbocycles. The monoisotopic (exact) mass is 268 g/mol. The SMILES string of the molecule is COC(=O)[C@H]1CCCC[C@H]1B1OC(C)(C)C(C)(C)O1. The normalized spacial score (nSPS) is 33.2. The highest BCUT2D eigenvalue weighted by molar-refractivity contribution is 6.48. The third-order valence-corrected chi connectivity index (χ3v) is 4.94. The minimum Gasteiger partial charge on any atom is -0.469 e. The van der Waals surface area contributed by atoms with Gasteiger partial charge in [0.2, 0.25) is 0 Å². The molecule has 0 aromatic rings. The van der Waals surface area contributed by atoms with E-state index in [9.17, 15) is 4.79 Å². The summed E-state index contributed by atoms with van der Waals surface area (Å²) in [6.07, 6.45) is 4.05. The number of rotatable bonds is 2. The lowest BCUT2D eigenvalue weighted by molar-refractivity contribution is -0.146. The molecule has 1 heterocycles. The Morgan fingerprint density at radius 3 is 2.16 bits per heavy atom. The second-order valence-electron chi connectivity index (χ2n) is 6.70. The van der Waals surface area contributed by atoms with Crippen LogP contribution in [0, 0.1) is 5.92 Å². The standard InChI is InChI=1S/C14H25BO4/c1-13(2)14(3,4)19-15(18-13)11-9-7-6-8-10(11)12(16)17-5/h10-11H,6-9H2,1-5H3/t10-,11+/m0/s1. The van der Waals surface area contributed by atoms with E-state index in [0.717, 1.165) is 25.7 Å². The molecule has 0 spiro atoms. The van der Waals surface area contributed by atoms with Gasteiger partial charge in [0, 0.05) is 5.82 Å². The molecular formula is C14H25BO4. The van der Waals surface area contributed by atoms with E-state index in [4.69, 9.17) is 14.0 Å². The van der Waals surface area contributed by atoms with E-state index in [2.05, 4.69) is 0 Å². The van der Waals surface area contributed by atoms with E-state index in [-0.39, 0.29) is 36.0 Å². The van der Waals surface area contributed by atoms with Gasteiger partial charge in [-0.15, -0.1) is 0 Å². The summed E-state index contributed by atoms with van der Waals surface area (Å²) in [6.45, 7) is 8.18. The van der Waals surface area contributed by atoms with E-state index in [1.807, 2.05) is 27.7 Å². The fourth-order valence-corrected chi connectivity index (χ4v) is 2.99. The largest absolute Gasteiger partial charge is 0.469 e. The number of methoxy groups -OCH3 is 1. The summed E-state index contributed by atoms with van der Waals surface area (Å²) in [5, 5.41) is 0. The Labute approximate surface area is 116 Å². The average molecular weight is 268 g/mol. The number of ether oxygens (including phenoxy) is 1.